The van der Waals surface area contributed by atoms with Crippen LogP contribution in [0.4, 0.5) is 4.79 Å². The monoisotopic (exact) mass is 701 g/mol. The summed E-state index contributed by atoms with van der Waals surface area (Å²) >= 11 is 0. The number of likely N-dealkylation sites (N-methyl/N-ethyl adjacent to an activating group) is 2. The van der Waals surface area contributed by atoms with E-state index in [-0.39, 0.29) is 30.8 Å². The molecule has 0 radical (unpaired) electrons. The number of carbonyl (C=O) groups is 5. The van der Waals surface area contributed by atoms with Crippen molar-refractivity contribution in [3.05, 3.63) is 47.5 Å². The van der Waals surface area contributed by atoms with E-state index in [1.165, 1.54) is 16.8 Å². The molecular weight excluding hydrogens is 638 g/mol. The van der Waals surface area contributed by atoms with Gasteiger partial charge in [-0.05, 0) is 64.9 Å². The van der Waals surface area contributed by atoms with Gasteiger partial charge in [0.2, 0.25) is 11.8 Å². The summed E-state index contributed by atoms with van der Waals surface area (Å²) in [6, 6.07) is 6.86. The van der Waals surface area contributed by atoms with E-state index in [0.29, 0.717) is 12.0 Å². The number of rotatable bonds is 15. The third kappa shape index (κ3) is 13.1. The Bertz CT molecular complexity index is 1340. The summed E-state index contributed by atoms with van der Waals surface area (Å²) in [6.45, 7) is 23.8. The Morgan fingerprint density at radius 1 is 0.880 bits per heavy atom. The number of carbonyl (C=O) groups excluding carboxylic acids is 5. The molecule has 1 rings (SSSR count). The molecule has 0 bridgehead atoms. The molecule has 0 unspecified atom stereocenters. The van der Waals surface area contributed by atoms with E-state index in [1.54, 1.807) is 54.7 Å². The standard InChI is InChI=1S/C39H63N3O8/c1-16-48-30(43)23-22-27(5)49-35(46)26(4)24-29(25(2)3)41(14)34(45)31(37(6,7)8)40-33(44)32(42(15)36(47)50-38(9,10)11)39(12,13)28-20-18-17-19-21-28/h17-21,24-25,27,29,31-32H,16,22-23H2,1-15H3,(H,40,44)/b26-24+/t27-,29-,31-,32-/m1/s1. The summed E-state index contributed by atoms with van der Waals surface area (Å²) in [5.74, 6) is -1.88. The molecule has 1 aromatic carbocycles. The minimum atomic E-state index is -1.05. The fraction of sp³-hybridized carbons (Fsp3) is 0.667. The van der Waals surface area contributed by atoms with Crippen molar-refractivity contribution >= 4 is 29.8 Å². The Morgan fingerprint density at radius 3 is 1.92 bits per heavy atom. The van der Waals surface area contributed by atoms with E-state index < -0.39 is 58.6 Å². The number of esters is 2. The number of nitrogens with zero attached hydrogens (tertiary/aromatic N) is 2. The first-order valence-corrected chi connectivity index (χ1v) is 17.5. The van der Waals surface area contributed by atoms with E-state index in [1.807, 2.05) is 78.8 Å². The molecule has 1 aromatic rings. The van der Waals surface area contributed by atoms with Crippen molar-refractivity contribution in [2.45, 2.75) is 138 Å². The minimum Gasteiger partial charge on any atom is -0.466 e. The Labute approximate surface area is 300 Å². The molecule has 0 spiro atoms. The molecule has 0 aliphatic carbocycles. The maximum Gasteiger partial charge on any atom is 0.410 e. The number of ether oxygens (including phenoxy) is 3. The summed E-state index contributed by atoms with van der Waals surface area (Å²) in [5, 5.41) is 3.01. The van der Waals surface area contributed by atoms with Crippen molar-refractivity contribution in [3.63, 3.8) is 0 Å². The third-order valence-electron chi connectivity index (χ3n) is 8.51. The number of amides is 3. The van der Waals surface area contributed by atoms with E-state index in [0.717, 1.165) is 5.56 Å². The predicted molar refractivity (Wildman–Crippen MR) is 195 cm³/mol. The number of nitrogens with one attached hydrogen (secondary N) is 1. The lowest BCUT2D eigenvalue weighted by Gasteiger charge is -2.42. The van der Waals surface area contributed by atoms with Gasteiger partial charge < -0.3 is 24.4 Å². The second kappa shape index (κ2) is 18.4. The first-order chi connectivity index (χ1) is 22.8. The van der Waals surface area contributed by atoms with Crippen molar-refractivity contribution in [1.82, 2.24) is 15.1 Å². The fourth-order valence-electron chi connectivity index (χ4n) is 5.64. The molecule has 1 N–H and O–H groups in total. The number of hydrogen-bond acceptors (Lipinski definition) is 8. The lowest BCUT2D eigenvalue weighted by atomic mass is 9.76. The van der Waals surface area contributed by atoms with Crippen LogP contribution in [0.15, 0.2) is 42.0 Å². The smallest absolute Gasteiger partial charge is 0.410 e. The van der Waals surface area contributed by atoms with E-state index >= 15 is 0 Å². The average Bonchev–Trinajstić information content (AvgIpc) is 2.99. The summed E-state index contributed by atoms with van der Waals surface area (Å²) in [5.41, 5.74) is -1.27. The lowest BCUT2D eigenvalue weighted by molar-refractivity contribution is -0.148. The zero-order chi connectivity index (χ0) is 38.8. The van der Waals surface area contributed by atoms with Gasteiger partial charge in [0.1, 0.15) is 17.7 Å². The van der Waals surface area contributed by atoms with Crippen molar-refractivity contribution < 1.29 is 38.2 Å². The van der Waals surface area contributed by atoms with Gasteiger partial charge in [0.05, 0.1) is 18.8 Å². The highest BCUT2D eigenvalue weighted by molar-refractivity contribution is 5.93. The van der Waals surface area contributed by atoms with Crippen LogP contribution in [-0.2, 0) is 38.8 Å². The minimum absolute atomic E-state index is 0.104. The molecule has 11 nitrogen and oxygen atoms in total. The first-order valence-electron chi connectivity index (χ1n) is 17.5. The zero-order valence-electron chi connectivity index (χ0n) is 33.1. The average molecular weight is 702 g/mol. The Kier molecular flexibility index (Phi) is 16.2. The Morgan fingerprint density at radius 2 is 1.44 bits per heavy atom. The van der Waals surface area contributed by atoms with Gasteiger partial charge >= 0.3 is 18.0 Å². The van der Waals surface area contributed by atoms with Gasteiger partial charge in [-0.15, -0.1) is 0 Å². The van der Waals surface area contributed by atoms with Crippen LogP contribution in [0, 0.1) is 11.3 Å². The quantitative estimate of drug-likeness (QED) is 0.126. The largest absolute Gasteiger partial charge is 0.466 e. The van der Waals surface area contributed by atoms with Crippen LogP contribution in [0.25, 0.3) is 0 Å². The van der Waals surface area contributed by atoms with Crippen LogP contribution in [0.3, 0.4) is 0 Å². The van der Waals surface area contributed by atoms with Crippen LogP contribution < -0.4 is 5.32 Å². The molecule has 282 valence electrons. The van der Waals surface area contributed by atoms with Gasteiger partial charge in [0, 0.05) is 31.5 Å². The van der Waals surface area contributed by atoms with Crippen molar-refractivity contribution in [3.8, 4) is 0 Å². The van der Waals surface area contributed by atoms with Crippen LogP contribution in [0.2, 0.25) is 0 Å². The van der Waals surface area contributed by atoms with E-state index in [4.69, 9.17) is 14.2 Å². The molecule has 0 saturated carbocycles. The highest BCUT2D eigenvalue weighted by atomic mass is 16.6. The molecule has 0 fully saturated rings. The SMILES string of the molecule is CCOC(=O)CC[C@@H](C)OC(=O)/C(C)=C/[C@H](C(C)C)N(C)C(=O)[C@@H](NC(=O)[C@@H](N(C)C(=O)OC(C)(C)C)C(C)(C)c1ccccc1)C(C)(C)C. The van der Waals surface area contributed by atoms with Crippen LogP contribution in [0.5, 0.6) is 0 Å². The first kappa shape index (κ1) is 44.1. The molecule has 11 heteroatoms. The normalized spacial score (nSPS) is 14.9. The van der Waals surface area contributed by atoms with Crippen molar-refractivity contribution in [2.75, 3.05) is 20.7 Å². The maximum absolute atomic E-state index is 14.4. The van der Waals surface area contributed by atoms with Gasteiger partial charge in [-0.25, -0.2) is 9.59 Å². The molecule has 3 amide bonds. The molecule has 0 aliphatic heterocycles. The predicted octanol–water partition coefficient (Wildman–Crippen LogP) is 6.43. The number of hydrogen-bond donors (Lipinski definition) is 1. The molecule has 0 heterocycles. The topological polar surface area (TPSA) is 132 Å². The Balaban J connectivity index is 3.44. The highest BCUT2D eigenvalue weighted by Crippen LogP contribution is 2.32. The molecule has 0 saturated heterocycles. The summed E-state index contributed by atoms with van der Waals surface area (Å²) in [7, 11) is 3.18. The van der Waals surface area contributed by atoms with Gasteiger partial charge in [-0.2, -0.15) is 0 Å². The third-order valence-corrected chi connectivity index (χ3v) is 8.51. The zero-order valence-corrected chi connectivity index (χ0v) is 33.1. The number of benzene rings is 1. The molecule has 0 aromatic heterocycles. The van der Waals surface area contributed by atoms with Crippen LogP contribution >= 0.6 is 0 Å². The second-order valence-electron chi connectivity index (χ2n) is 16.0. The maximum atomic E-state index is 14.4. The van der Waals surface area contributed by atoms with Gasteiger partial charge in [0.25, 0.3) is 0 Å². The summed E-state index contributed by atoms with van der Waals surface area (Å²) in [4.78, 5) is 69.7. The van der Waals surface area contributed by atoms with E-state index in [9.17, 15) is 24.0 Å². The fourth-order valence-corrected chi connectivity index (χ4v) is 5.64. The van der Waals surface area contributed by atoms with E-state index in [2.05, 4.69) is 5.32 Å². The summed E-state index contributed by atoms with van der Waals surface area (Å²) < 4.78 is 16.2. The van der Waals surface area contributed by atoms with Crippen LogP contribution in [0.1, 0.15) is 108 Å². The molecular formula is C39H63N3O8. The molecule has 0 aliphatic rings. The van der Waals surface area contributed by atoms with Crippen molar-refractivity contribution in [2.24, 2.45) is 11.3 Å². The highest BCUT2D eigenvalue weighted by Gasteiger charge is 2.46. The molecule has 4 atom stereocenters. The van der Waals surface area contributed by atoms with Gasteiger partial charge in [0.15, 0.2) is 0 Å². The Hall–Kier alpha value is -3.89. The molecule has 50 heavy (non-hydrogen) atoms. The summed E-state index contributed by atoms with van der Waals surface area (Å²) in [6.07, 6.45) is 0.970. The van der Waals surface area contributed by atoms with Crippen LogP contribution in [-0.4, -0.2) is 90.2 Å². The van der Waals surface area contributed by atoms with Gasteiger partial charge in [-0.3, -0.25) is 19.3 Å². The van der Waals surface area contributed by atoms with Gasteiger partial charge in [-0.1, -0.05) is 84.9 Å². The lowest BCUT2D eigenvalue weighted by Crippen LogP contribution is -2.63. The van der Waals surface area contributed by atoms with Crippen molar-refractivity contribution in [1.29, 1.82) is 0 Å². The second-order valence-corrected chi connectivity index (χ2v) is 16.0.